The summed E-state index contributed by atoms with van der Waals surface area (Å²) in [7, 11) is 3.43. The molecular formula is C19H32N4O2. The zero-order valence-electron chi connectivity index (χ0n) is 16.0. The van der Waals surface area contributed by atoms with Crippen molar-refractivity contribution in [1.29, 1.82) is 0 Å². The van der Waals surface area contributed by atoms with Gasteiger partial charge in [-0.15, -0.1) is 0 Å². The molecule has 6 heteroatoms. The summed E-state index contributed by atoms with van der Waals surface area (Å²) in [5.74, 6) is 2.80. The number of hydrogen-bond acceptors (Lipinski definition) is 4. The molecule has 0 spiro atoms. The molecule has 0 radical (unpaired) electrons. The summed E-state index contributed by atoms with van der Waals surface area (Å²) in [6, 6.07) is 5.80. The Kier molecular flexibility index (Phi) is 7.85. The van der Waals surface area contributed by atoms with Gasteiger partial charge in [-0.05, 0) is 50.9 Å². The van der Waals surface area contributed by atoms with E-state index in [4.69, 9.17) is 9.47 Å². The molecule has 1 aliphatic heterocycles. The number of nitrogens with one attached hydrogen (secondary N) is 2. The molecular weight excluding hydrogens is 316 g/mol. The Hall–Kier alpha value is -1.95. The fourth-order valence-electron chi connectivity index (χ4n) is 3.08. The second-order valence-corrected chi connectivity index (χ2v) is 6.49. The van der Waals surface area contributed by atoms with Crippen LogP contribution >= 0.6 is 0 Å². The summed E-state index contributed by atoms with van der Waals surface area (Å²) >= 11 is 0. The highest BCUT2D eigenvalue weighted by atomic mass is 16.5. The first kappa shape index (κ1) is 19.4. The van der Waals surface area contributed by atoms with Gasteiger partial charge >= 0.3 is 0 Å². The smallest absolute Gasteiger partial charge is 0.195 e. The predicted octanol–water partition coefficient (Wildman–Crippen LogP) is 2.81. The van der Waals surface area contributed by atoms with Crippen LogP contribution in [0.15, 0.2) is 23.2 Å². The van der Waals surface area contributed by atoms with Crippen LogP contribution in [0.1, 0.15) is 26.7 Å². The van der Waals surface area contributed by atoms with Crippen LogP contribution in [0.25, 0.3) is 0 Å². The van der Waals surface area contributed by atoms with E-state index < -0.39 is 0 Å². The van der Waals surface area contributed by atoms with Crippen molar-refractivity contribution in [1.82, 2.24) is 10.2 Å². The molecule has 6 nitrogen and oxygen atoms in total. The highest BCUT2D eigenvalue weighted by Gasteiger charge is 2.15. The molecule has 0 aromatic heterocycles. The van der Waals surface area contributed by atoms with E-state index in [1.54, 1.807) is 14.2 Å². The van der Waals surface area contributed by atoms with Crippen molar-refractivity contribution < 1.29 is 9.47 Å². The number of likely N-dealkylation sites (tertiary alicyclic amines) is 1. The van der Waals surface area contributed by atoms with E-state index in [0.717, 1.165) is 30.5 Å². The van der Waals surface area contributed by atoms with Crippen molar-refractivity contribution in [2.45, 2.75) is 26.7 Å². The lowest BCUT2D eigenvalue weighted by atomic mass is 10.1. The molecule has 0 aliphatic carbocycles. The average molecular weight is 348 g/mol. The van der Waals surface area contributed by atoms with E-state index in [1.165, 1.54) is 25.9 Å². The van der Waals surface area contributed by atoms with Gasteiger partial charge in [0, 0.05) is 31.9 Å². The first-order valence-corrected chi connectivity index (χ1v) is 9.17. The number of anilines is 1. The van der Waals surface area contributed by atoms with Gasteiger partial charge in [0.15, 0.2) is 17.5 Å². The van der Waals surface area contributed by atoms with E-state index in [1.807, 2.05) is 25.1 Å². The van der Waals surface area contributed by atoms with Crippen LogP contribution in [0.2, 0.25) is 0 Å². The first-order chi connectivity index (χ1) is 12.2. The largest absolute Gasteiger partial charge is 0.493 e. The maximum atomic E-state index is 5.55. The highest BCUT2D eigenvalue weighted by molar-refractivity contribution is 5.93. The second kappa shape index (κ2) is 10.1. The van der Waals surface area contributed by atoms with Gasteiger partial charge in [-0.3, -0.25) is 4.99 Å². The van der Waals surface area contributed by atoms with Crippen molar-refractivity contribution in [3.8, 4) is 11.5 Å². The minimum Gasteiger partial charge on any atom is -0.493 e. The van der Waals surface area contributed by atoms with Crippen molar-refractivity contribution in [2.24, 2.45) is 10.9 Å². The molecule has 1 aromatic carbocycles. The van der Waals surface area contributed by atoms with Gasteiger partial charge in [0.05, 0.1) is 13.7 Å². The van der Waals surface area contributed by atoms with Crippen LogP contribution in [-0.2, 0) is 0 Å². The van der Waals surface area contributed by atoms with Gasteiger partial charge in [0.2, 0.25) is 0 Å². The van der Waals surface area contributed by atoms with Gasteiger partial charge in [0.25, 0.3) is 0 Å². The number of benzene rings is 1. The van der Waals surface area contributed by atoms with Crippen molar-refractivity contribution >= 4 is 11.6 Å². The number of ether oxygens (including phenoxy) is 2. The van der Waals surface area contributed by atoms with Crippen LogP contribution in [0.5, 0.6) is 11.5 Å². The van der Waals surface area contributed by atoms with Crippen LogP contribution in [0.3, 0.4) is 0 Å². The van der Waals surface area contributed by atoms with Crippen molar-refractivity contribution in [3.63, 3.8) is 0 Å². The monoisotopic (exact) mass is 348 g/mol. The van der Waals surface area contributed by atoms with Crippen molar-refractivity contribution in [2.75, 3.05) is 52.3 Å². The Morgan fingerprint density at radius 3 is 2.68 bits per heavy atom. The van der Waals surface area contributed by atoms with E-state index >= 15 is 0 Å². The molecule has 140 valence electrons. The zero-order chi connectivity index (χ0) is 18.1. The standard InChI is InChI=1S/C19H32N4O2/c1-5-25-17-9-8-16(12-18(17)24-4)22-19(20-3)21-13-15(2)14-23-10-6-7-11-23/h8-9,12,15H,5-7,10-11,13-14H2,1-4H3,(H2,20,21,22). The Bertz CT molecular complexity index is 556. The lowest BCUT2D eigenvalue weighted by Gasteiger charge is -2.21. The van der Waals surface area contributed by atoms with Crippen LogP contribution in [0, 0.1) is 5.92 Å². The van der Waals surface area contributed by atoms with E-state index in [2.05, 4.69) is 27.4 Å². The van der Waals surface area contributed by atoms with E-state index in [-0.39, 0.29) is 0 Å². The summed E-state index contributed by atoms with van der Waals surface area (Å²) in [4.78, 5) is 6.85. The lowest BCUT2D eigenvalue weighted by Crippen LogP contribution is -2.37. The lowest BCUT2D eigenvalue weighted by molar-refractivity contribution is 0.288. The maximum absolute atomic E-state index is 5.55. The molecule has 25 heavy (non-hydrogen) atoms. The molecule has 1 aliphatic rings. The Labute approximate surface area is 151 Å². The first-order valence-electron chi connectivity index (χ1n) is 9.17. The van der Waals surface area contributed by atoms with E-state index in [0.29, 0.717) is 18.3 Å². The van der Waals surface area contributed by atoms with Crippen LogP contribution < -0.4 is 20.1 Å². The third-order valence-electron chi connectivity index (χ3n) is 4.34. The number of hydrogen-bond donors (Lipinski definition) is 2. The summed E-state index contributed by atoms with van der Waals surface area (Å²) in [5.41, 5.74) is 0.917. The number of guanidine groups is 1. The Morgan fingerprint density at radius 2 is 2.04 bits per heavy atom. The normalized spacial score (nSPS) is 16.6. The molecule has 2 N–H and O–H groups in total. The van der Waals surface area contributed by atoms with Crippen LogP contribution in [0.4, 0.5) is 5.69 Å². The zero-order valence-corrected chi connectivity index (χ0v) is 16.0. The molecule has 1 atom stereocenters. The average Bonchev–Trinajstić information content (AvgIpc) is 3.12. The SMILES string of the molecule is CCOc1ccc(NC(=NC)NCC(C)CN2CCCC2)cc1OC. The number of nitrogens with zero attached hydrogens (tertiary/aromatic N) is 2. The summed E-state index contributed by atoms with van der Waals surface area (Å²) in [6.45, 7) is 9.36. The predicted molar refractivity (Wildman–Crippen MR) is 104 cm³/mol. The number of methoxy groups -OCH3 is 1. The quantitative estimate of drug-likeness (QED) is 0.559. The maximum Gasteiger partial charge on any atom is 0.195 e. The molecule has 0 amide bonds. The summed E-state index contributed by atoms with van der Waals surface area (Å²) in [6.07, 6.45) is 2.67. The second-order valence-electron chi connectivity index (χ2n) is 6.49. The van der Waals surface area contributed by atoms with Gasteiger partial charge in [-0.25, -0.2) is 0 Å². The minimum atomic E-state index is 0.575. The highest BCUT2D eigenvalue weighted by Crippen LogP contribution is 2.30. The topological polar surface area (TPSA) is 58.1 Å². The van der Waals surface area contributed by atoms with Gasteiger partial charge in [-0.1, -0.05) is 6.92 Å². The fourth-order valence-corrected chi connectivity index (χ4v) is 3.08. The Morgan fingerprint density at radius 1 is 1.28 bits per heavy atom. The third kappa shape index (κ3) is 6.12. The molecule has 0 bridgehead atoms. The van der Waals surface area contributed by atoms with Crippen LogP contribution in [-0.4, -0.2) is 57.8 Å². The summed E-state index contributed by atoms with van der Waals surface area (Å²) < 4.78 is 10.9. The number of rotatable bonds is 8. The molecule has 0 saturated carbocycles. The summed E-state index contributed by atoms with van der Waals surface area (Å²) in [5, 5.41) is 6.72. The molecule has 1 fully saturated rings. The van der Waals surface area contributed by atoms with Gasteiger partial charge in [-0.2, -0.15) is 0 Å². The van der Waals surface area contributed by atoms with Gasteiger partial charge in [0.1, 0.15) is 0 Å². The molecule has 1 heterocycles. The van der Waals surface area contributed by atoms with Crippen molar-refractivity contribution in [3.05, 3.63) is 18.2 Å². The molecule has 1 aromatic rings. The van der Waals surface area contributed by atoms with Gasteiger partial charge < -0.3 is 25.0 Å². The Balaban J connectivity index is 1.86. The molecule has 2 rings (SSSR count). The number of aliphatic imine (C=N–C) groups is 1. The third-order valence-corrected chi connectivity index (χ3v) is 4.34. The molecule has 1 unspecified atom stereocenters. The molecule has 1 saturated heterocycles. The fraction of sp³-hybridized carbons (Fsp3) is 0.632. The van der Waals surface area contributed by atoms with E-state index in [9.17, 15) is 0 Å². The minimum absolute atomic E-state index is 0.575.